The Morgan fingerprint density at radius 2 is 1.42 bits per heavy atom. The summed E-state index contributed by atoms with van der Waals surface area (Å²) >= 11 is 0. The van der Waals surface area contributed by atoms with Gasteiger partial charge in [-0.3, -0.25) is 0 Å². The van der Waals surface area contributed by atoms with Crippen molar-refractivity contribution in [1.82, 2.24) is 0 Å². The SMILES string of the molecule is CC(C)(C)CCc1ccc(C2(C(C)(C)C)CC2)cc1. The van der Waals surface area contributed by atoms with Gasteiger partial charge < -0.3 is 0 Å². The maximum Gasteiger partial charge on any atom is 0.000213 e. The third kappa shape index (κ3) is 3.22. The second-order valence-electron chi connectivity index (χ2n) is 8.59. The van der Waals surface area contributed by atoms with E-state index in [0.29, 0.717) is 16.2 Å². The predicted octanol–water partition coefficient (Wildman–Crippen LogP) is 5.74. The van der Waals surface area contributed by atoms with Crippen molar-refractivity contribution in [1.29, 1.82) is 0 Å². The fourth-order valence-corrected chi connectivity index (χ4v) is 3.11. The second-order valence-corrected chi connectivity index (χ2v) is 8.59. The maximum absolute atomic E-state index is 2.39. The molecule has 19 heavy (non-hydrogen) atoms. The van der Waals surface area contributed by atoms with Crippen LogP contribution in [0.2, 0.25) is 0 Å². The van der Waals surface area contributed by atoms with E-state index in [0.717, 1.165) is 0 Å². The molecule has 0 aliphatic heterocycles. The molecule has 0 N–H and O–H groups in total. The molecule has 0 unspecified atom stereocenters. The summed E-state index contributed by atoms with van der Waals surface area (Å²) < 4.78 is 0. The van der Waals surface area contributed by atoms with Crippen LogP contribution in [-0.2, 0) is 11.8 Å². The van der Waals surface area contributed by atoms with Crippen molar-refractivity contribution in [3.05, 3.63) is 35.4 Å². The van der Waals surface area contributed by atoms with Crippen LogP contribution in [-0.4, -0.2) is 0 Å². The standard InChI is InChI=1S/C19H30/c1-17(2,3)12-11-15-7-9-16(10-8-15)19(13-14-19)18(4,5)6/h7-10H,11-14H2,1-6H3. The van der Waals surface area contributed by atoms with Gasteiger partial charge in [-0.2, -0.15) is 0 Å². The van der Waals surface area contributed by atoms with E-state index in [1.54, 1.807) is 5.56 Å². The van der Waals surface area contributed by atoms with Crippen molar-refractivity contribution < 1.29 is 0 Å². The number of hydrogen-bond acceptors (Lipinski definition) is 0. The van der Waals surface area contributed by atoms with Gasteiger partial charge in [-0.15, -0.1) is 0 Å². The summed E-state index contributed by atoms with van der Waals surface area (Å²) in [5.41, 5.74) is 4.32. The molecule has 0 radical (unpaired) electrons. The van der Waals surface area contributed by atoms with Crippen molar-refractivity contribution >= 4 is 0 Å². The Morgan fingerprint density at radius 3 is 1.79 bits per heavy atom. The normalized spacial score (nSPS) is 18.4. The zero-order chi connectivity index (χ0) is 14.3. The van der Waals surface area contributed by atoms with Crippen molar-refractivity contribution in [2.24, 2.45) is 10.8 Å². The highest BCUT2D eigenvalue weighted by Crippen LogP contribution is 2.59. The van der Waals surface area contributed by atoms with Crippen molar-refractivity contribution in [2.75, 3.05) is 0 Å². The lowest BCUT2D eigenvalue weighted by Gasteiger charge is -2.31. The molecular weight excluding hydrogens is 228 g/mol. The molecular formula is C19H30. The van der Waals surface area contributed by atoms with Crippen LogP contribution in [0, 0.1) is 10.8 Å². The van der Waals surface area contributed by atoms with Crippen LogP contribution in [0.5, 0.6) is 0 Å². The summed E-state index contributed by atoms with van der Waals surface area (Å²) in [7, 11) is 0. The number of aryl methyl sites for hydroxylation is 1. The average Bonchev–Trinajstić information content (AvgIpc) is 3.06. The molecule has 0 atom stereocenters. The van der Waals surface area contributed by atoms with Gasteiger partial charge in [0, 0.05) is 5.41 Å². The highest BCUT2D eigenvalue weighted by Gasteiger charge is 2.52. The summed E-state index contributed by atoms with van der Waals surface area (Å²) in [5, 5.41) is 0. The molecule has 106 valence electrons. The van der Waals surface area contributed by atoms with Gasteiger partial charge in [0.2, 0.25) is 0 Å². The Labute approximate surface area is 119 Å². The summed E-state index contributed by atoms with van der Waals surface area (Å²) in [6.07, 6.45) is 5.18. The van der Waals surface area contributed by atoms with Crippen LogP contribution >= 0.6 is 0 Å². The molecule has 0 amide bonds. The van der Waals surface area contributed by atoms with Gasteiger partial charge in [0.1, 0.15) is 0 Å². The van der Waals surface area contributed by atoms with Crippen molar-refractivity contribution in [3.8, 4) is 0 Å². The molecule has 0 aromatic heterocycles. The van der Waals surface area contributed by atoms with E-state index in [9.17, 15) is 0 Å². The third-order valence-electron chi connectivity index (χ3n) is 4.86. The van der Waals surface area contributed by atoms with E-state index in [2.05, 4.69) is 65.8 Å². The van der Waals surface area contributed by atoms with Crippen molar-refractivity contribution in [3.63, 3.8) is 0 Å². The largest absolute Gasteiger partial charge is 0.0602 e. The summed E-state index contributed by atoms with van der Waals surface area (Å²) in [4.78, 5) is 0. The highest BCUT2D eigenvalue weighted by atomic mass is 14.6. The van der Waals surface area contributed by atoms with Crippen LogP contribution in [0.1, 0.15) is 71.9 Å². The van der Waals surface area contributed by atoms with E-state index in [1.165, 1.54) is 31.2 Å². The van der Waals surface area contributed by atoms with Crippen LogP contribution in [0.3, 0.4) is 0 Å². The molecule has 1 fully saturated rings. The first kappa shape index (κ1) is 14.6. The van der Waals surface area contributed by atoms with Gasteiger partial charge in [0.05, 0.1) is 0 Å². The first-order chi connectivity index (χ1) is 8.64. The van der Waals surface area contributed by atoms with E-state index in [-0.39, 0.29) is 0 Å². The van der Waals surface area contributed by atoms with Gasteiger partial charge in [-0.25, -0.2) is 0 Å². The Hall–Kier alpha value is -0.780. The van der Waals surface area contributed by atoms with Crippen LogP contribution < -0.4 is 0 Å². The molecule has 0 bridgehead atoms. The zero-order valence-electron chi connectivity index (χ0n) is 13.6. The molecule has 0 heterocycles. The fourth-order valence-electron chi connectivity index (χ4n) is 3.11. The minimum atomic E-state index is 0.389. The number of hydrogen-bond donors (Lipinski definition) is 0. The van der Waals surface area contributed by atoms with Gasteiger partial charge >= 0.3 is 0 Å². The zero-order valence-corrected chi connectivity index (χ0v) is 13.6. The van der Waals surface area contributed by atoms with Crippen LogP contribution in [0.15, 0.2) is 24.3 Å². The van der Waals surface area contributed by atoms with Gasteiger partial charge in [0.25, 0.3) is 0 Å². The molecule has 0 spiro atoms. The molecule has 0 heteroatoms. The summed E-state index contributed by atoms with van der Waals surface area (Å²) in [6.45, 7) is 14.1. The molecule has 1 saturated carbocycles. The minimum Gasteiger partial charge on any atom is -0.0602 e. The van der Waals surface area contributed by atoms with E-state index < -0.39 is 0 Å². The molecule has 1 aromatic carbocycles. The quantitative estimate of drug-likeness (QED) is 0.648. The van der Waals surface area contributed by atoms with Gasteiger partial charge in [0.15, 0.2) is 0 Å². The lowest BCUT2D eigenvalue weighted by Crippen LogP contribution is -2.26. The third-order valence-corrected chi connectivity index (χ3v) is 4.86. The van der Waals surface area contributed by atoms with E-state index in [4.69, 9.17) is 0 Å². The second kappa shape index (κ2) is 4.65. The maximum atomic E-state index is 2.39. The Morgan fingerprint density at radius 1 is 0.895 bits per heavy atom. The number of rotatable bonds is 3. The van der Waals surface area contributed by atoms with Crippen molar-refractivity contribution in [2.45, 2.75) is 72.6 Å². The van der Waals surface area contributed by atoms with E-state index >= 15 is 0 Å². The molecule has 1 aliphatic rings. The molecule has 2 rings (SSSR count). The van der Waals surface area contributed by atoms with Gasteiger partial charge in [-0.05, 0) is 47.6 Å². The first-order valence-electron chi connectivity index (χ1n) is 7.74. The number of benzene rings is 1. The smallest absolute Gasteiger partial charge is 0.000213 e. The summed E-state index contributed by atoms with van der Waals surface area (Å²) in [6, 6.07) is 9.48. The summed E-state index contributed by atoms with van der Waals surface area (Å²) in [5.74, 6) is 0. The Bertz CT molecular complexity index is 419. The molecule has 0 saturated heterocycles. The average molecular weight is 258 g/mol. The monoisotopic (exact) mass is 258 g/mol. The first-order valence-corrected chi connectivity index (χ1v) is 7.74. The predicted molar refractivity (Wildman–Crippen MR) is 84.6 cm³/mol. The topological polar surface area (TPSA) is 0 Å². The molecule has 0 nitrogen and oxygen atoms in total. The Kier molecular flexibility index (Phi) is 3.58. The van der Waals surface area contributed by atoms with Crippen LogP contribution in [0.25, 0.3) is 0 Å². The minimum absolute atomic E-state index is 0.389. The highest BCUT2D eigenvalue weighted by molar-refractivity contribution is 5.36. The lowest BCUT2D eigenvalue weighted by atomic mass is 9.73. The fraction of sp³-hybridized carbons (Fsp3) is 0.684. The Balaban J connectivity index is 2.08. The molecule has 1 aliphatic carbocycles. The van der Waals surface area contributed by atoms with Crippen LogP contribution in [0.4, 0.5) is 0 Å². The molecule has 1 aromatic rings. The lowest BCUT2D eigenvalue weighted by molar-refractivity contribution is 0.299. The van der Waals surface area contributed by atoms with Gasteiger partial charge in [-0.1, -0.05) is 65.8 Å². The van der Waals surface area contributed by atoms with E-state index in [1.807, 2.05) is 0 Å².